The molecule has 0 aliphatic carbocycles. The fourth-order valence-electron chi connectivity index (χ4n) is 5.14. The van der Waals surface area contributed by atoms with Crippen LogP contribution >= 0.6 is 0 Å². The predicted molar refractivity (Wildman–Crippen MR) is 115 cm³/mol. The van der Waals surface area contributed by atoms with Gasteiger partial charge < -0.3 is 14.6 Å². The molecule has 2 aromatic heterocycles. The van der Waals surface area contributed by atoms with Crippen LogP contribution in [-0.2, 0) is 17.9 Å². The van der Waals surface area contributed by atoms with Gasteiger partial charge in [0, 0.05) is 61.3 Å². The Labute approximate surface area is 181 Å². The Kier molecular flexibility index (Phi) is 6.46. The van der Waals surface area contributed by atoms with Crippen LogP contribution in [-0.4, -0.2) is 63.0 Å². The van der Waals surface area contributed by atoms with Gasteiger partial charge in [-0.2, -0.15) is 0 Å². The molecule has 0 spiro atoms. The average Bonchev–Trinajstić information content (AvgIpc) is 3.30. The highest BCUT2D eigenvalue weighted by Gasteiger charge is 2.37. The second-order valence-corrected chi connectivity index (χ2v) is 8.53. The van der Waals surface area contributed by atoms with Crippen LogP contribution in [0, 0.1) is 5.92 Å². The monoisotopic (exact) mass is 424 g/mol. The van der Waals surface area contributed by atoms with Crippen LogP contribution in [0.5, 0.6) is 0 Å². The van der Waals surface area contributed by atoms with Crippen LogP contribution in [0.4, 0.5) is 0 Å². The third-order valence-corrected chi connectivity index (χ3v) is 6.49. The largest absolute Gasteiger partial charge is 0.483 e. The van der Waals surface area contributed by atoms with Gasteiger partial charge >= 0.3 is 0 Å². The molecule has 2 saturated heterocycles. The number of amides is 1. The highest BCUT2D eigenvalue weighted by molar-refractivity contribution is 5.94. The average molecular weight is 425 g/mol. The Bertz CT molecular complexity index is 985. The minimum atomic E-state index is -0.250. The summed E-state index contributed by atoms with van der Waals surface area (Å²) in [6.45, 7) is 4.83. The van der Waals surface area contributed by atoms with Gasteiger partial charge in [0.2, 0.25) is 0 Å². The molecule has 2 atom stereocenters. The van der Waals surface area contributed by atoms with Crippen molar-refractivity contribution < 1.29 is 14.7 Å². The lowest BCUT2D eigenvalue weighted by Gasteiger charge is -2.43. The van der Waals surface area contributed by atoms with Crippen LogP contribution in [0.3, 0.4) is 0 Å². The van der Waals surface area contributed by atoms with E-state index in [4.69, 9.17) is 9.90 Å². The van der Waals surface area contributed by atoms with E-state index in [2.05, 4.69) is 16.0 Å². The van der Waals surface area contributed by atoms with Crippen molar-refractivity contribution in [3.8, 4) is 0 Å². The molecule has 164 valence electrons. The zero-order valence-electron chi connectivity index (χ0n) is 17.5. The van der Waals surface area contributed by atoms with Gasteiger partial charge in [-0.1, -0.05) is 6.07 Å². The van der Waals surface area contributed by atoms with Crippen LogP contribution in [0.1, 0.15) is 46.8 Å². The van der Waals surface area contributed by atoms with Crippen LogP contribution in [0.25, 0.3) is 0 Å². The number of hydrogen-bond donors (Lipinski definition) is 1. The van der Waals surface area contributed by atoms with Crippen molar-refractivity contribution in [1.82, 2.24) is 19.4 Å². The first-order valence-electron chi connectivity index (χ1n) is 10.8. The van der Waals surface area contributed by atoms with E-state index in [1.54, 1.807) is 24.5 Å². The number of hydrogen-bond acceptors (Lipinski definition) is 5. The molecule has 0 unspecified atom stereocenters. The molecular formula is C23H28N4O4. The van der Waals surface area contributed by atoms with Crippen molar-refractivity contribution in [1.29, 1.82) is 0 Å². The number of carboxylic acid groups (broad SMARTS) is 1. The Morgan fingerprint density at radius 2 is 1.81 bits per heavy atom. The number of fused-ring (bicyclic) bond motifs is 4. The van der Waals surface area contributed by atoms with Crippen molar-refractivity contribution in [2.75, 3.05) is 26.2 Å². The number of nitrogens with zero attached hydrogens (tertiary/aromatic N) is 4. The minimum Gasteiger partial charge on any atom is -0.483 e. The molecule has 5 heterocycles. The maximum absolute atomic E-state index is 13.1. The van der Waals surface area contributed by atoms with Gasteiger partial charge in [0.15, 0.2) is 0 Å². The molecule has 3 aliphatic rings. The molecule has 31 heavy (non-hydrogen) atoms. The lowest BCUT2D eigenvalue weighted by molar-refractivity contribution is -0.122. The lowest BCUT2D eigenvalue weighted by atomic mass is 9.82. The number of carbonyl (C=O) groups excluding carboxylic acids is 1. The molecule has 2 aromatic rings. The zero-order chi connectivity index (χ0) is 21.8. The van der Waals surface area contributed by atoms with Crippen molar-refractivity contribution in [3.63, 3.8) is 0 Å². The topological polar surface area (TPSA) is 95.7 Å². The van der Waals surface area contributed by atoms with Crippen LogP contribution in [0.15, 0.2) is 41.5 Å². The van der Waals surface area contributed by atoms with Crippen molar-refractivity contribution in [2.24, 2.45) is 5.92 Å². The van der Waals surface area contributed by atoms with Crippen LogP contribution < -0.4 is 5.56 Å². The zero-order valence-corrected chi connectivity index (χ0v) is 17.5. The first-order valence-corrected chi connectivity index (χ1v) is 10.8. The quantitative estimate of drug-likeness (QED) is 0.755. The molecule has 3 aliphatic heterocycles. The fourth-order valence-corrected chi connectivity index (χ4v) is 5.14. The summed E-state index contributed by atoms with van der Waals surface area (Å²) in [5.74, 6) is 0.655. The normalized spacial score (nSPS) is 22.3. The SMILES string of the molecule is O=C(c1ccncc1)N1C[C@@H]2C[C@H](C1)c1ccc(CN3CCCC3)c(=O)n1C2.O=CO. The molecule has 8 heteroatoms. The molecule has 8 nitrogen and oxygen atoms in total. The van der Waals surface area contributed by atoms with Crippen molar-refractivity contribution in [3.05, 3.63) is 63.8 Å². The standard InChI is InChI=1S/C22H26N4O2.CH2O2/c27-21(17-5-7-23-8-6-17)25-12-16-11-19(15-25)20-4-3-18(22(28)26(20)13-16)14-24-9-1-2-10-24;2-1-3/h3-8,16,19H,1-2,9-15H2;1H,(H,2,3)/t16-,19+;/m0./s1. The molecule has 0 radical (unpaired) electrons. The van der Waals surface area contributed by atoms with Gasteiger partial charge in [0.1, 0.15) is 0 Å². The second-order valence-electron chi connectivity index (χ2n) is 8.53. The molecule has 5 rings (SSSR count). The third-order valence-electron chi connectivity index (χ3n) is 6.49. The summed E-state index contributed by atoms with van der Waals surface area (Å²) >= 11 is 0. The minimum absolute atomic E-state index is 0.0681. The number of aromatic nitrogens is 2. The lowest BCUT2D eigenvalue weighted by Crippen LogP contribution is -2.49. The van der Waals surface area contributed by atoms with Gasteiger partial charge in [-0.05, 0) is 56.5 Å². The van der Waals surface area contributed by atoms with Gasteiger partial charge in [-0.3, -0.25) is 24.3 Å². The highest BCUT2D eigenvalue weighted by Crippen LogP contribution is 2.35. The fraction of sp³-hybridized carbons (Fsp3) is 0.478. The Morgan fingerprint density at radius 3 is 2.52 bits per heavy atom. The first kappa shape index (κ1) is 21.2. The first-order chi connectivity index (χ1) is 15.1. The Hall–Kier alpha value is -3.00. The van der Waals surface area contributed by atoms with E-state index < -0.39 is 0 Å². The number of pyridine rings is 2. The van der Waals surface area contributed by atoms with Crippen molar-refractivity contribution >= 4 is 12.4 Å². The molecular weight excluding hydrogens is 396 g/mol. The summed E-state index contributed by atoms with van der Waals surface area (Å²) in [5, 5.41) is 6.89. The summed E-state index contributed by atoms with van der Waals surface area (Å²) in [4.78, 5) is 42.7. The number of likely N-dealkylation sites (tertiary alicyclic amines) is 2. The van der Waals surface area contributed by atoms with Gasteiger partial charge in [0.25, 0.3) is 17.9 Å². The Balaban J connectivity index is 0.000000730. The summed E-state index contributed by atoms with van der Waals surface area (Å²) in [6, 6.07) is 7.70. The molecule has 0 saturated carbocycles. The smallest absolute Gasteiger partial charge is 0.290 e. The predicted octanol–water partition coefficient (Wildman–Crippen LogP) is 1.80. The molecule has 1 amide bonds. The van der Waals surface area contributed by atoms with E-state index in [1.807, 2.05) is 15.5 Å². The van der Waals surface area contributed by atoms with E-state index in [9.17, 15) is 9.59 Å². The molecule has 1 N–H and O–H groups in total. The van der Waals surface area contributed by atoms with Crippen molar-refractivity contribution in [2.45, 2.75) is 38.3 Å². The number of piperidine rings is 1. The molecule has 0 aromatic carbocycles. The van der Waals surface area contributed by atoms with E-state index in [-0.39, 0.29) is 23.9 Å². The number of rotatable bonds is 3. The van der Waals surface area contributed by atoms with Crippen LogP contribution in [0.2, 0.25) is 0 Å². The summed E-state index contributed by atoms with van der Waals surface area (Å²) in [7, 11) is 0. The van der Waals surface area contributed by atoms with E-state index in [1.165, 1.54) is 12.8 Å². The van der Waals surface area contributed by atoms with Gasteiger partial charge in [0.05, 0.1) is 0 Å². The van der Waals surface area contributed by atoms with E-state index in [0.29, 0.717) is 18.0 Å². The van der Waals surface area contributed by atoms with Gasteiger partial charge in [-0.25, -0.2) is 0 Å². The summed E-state index contributed by atoms with van der Waals surface area (Å²) in [6.07, 6.45) is 6.85. The maximum Gasteiger partial charge on any atom is 0.290 e. The number of carbonyl (C=O) groups is 2. The molecule has 2 fully saturated rings. The summed E-state index contributed by atoms with van der Waals surface area (Å²) < 4.78 is 2.00. The Morgan fingerprint density at radius 1 is 1.10 bits per heavy atom. The second kappa shape index (κ2) is 9.43. The molecule has 2 bridgehead atoms. The maximum atomic E-state index is 13.1. The van der Waals surface area contributed by atoms with Gasteiger partial charge in [-0.15, -0.1) is 0 Å². The third kappa shape index (κ3) is 4.54. The van der Waals surface area contributed by atoms with E-state index in [0.717, 1.165) is 50.4 Å². The highest BCUT2D eigenvalue weighted by atomic mass is 16.3. The summed E-state index contributed by atoms with van der Waals surface area (Å²) in [5.41, 5.74) is 2.87. The van der Waals surface area contributed by atoms with E-state index >= 15 is 0 Å².